The standard InChI is InChI=1S/C16H24N2O2/c1-12(20-10-9-13-3-2-4-13)16(19)18-15-7-5-14(11-17)6-8-15/h5-8,12-13H,2-4,9-11,17H2,1H3,(H,18,19). The summed E-state index contributed by atoms with van der Waals surface area (Å²) in [6.07, 6.45) is 4.64. The van der Waals surface area contributed by atoms with Crippen molar-refractivity contribution in [3.63, 3.8) is 0 Å². The first-order valence-electron chi connectivity index (χ1n) is 7.40. The number of anilines is 1. The van der Waals surface area contributed by atoms with Gasteiger partial charge in [0.2, 0.25) is 0 Å². The molecule has 1 amide bonds. The summed E-state index contributed by atoms with van der Waals surface area (Å²) < 4.78 is 5.60. The van der Waals surface area contributed by atoms with Crippen molar-refractivity contribution in [3.05, 3.63) is 29.8 Å². The summed E-state index contributed by atoms with van der Waals surface area (Å²) in [6, 6.07) is 7.55. The molecule has 20 heavy (non-hydrogen) atoms. The molecule has 4 nitrogen and oxygen atoms in total. The highest BCUT2D eigenvalue weighted by atomic mass is 16.5. The molecule has 0 aromatic heterocycles. The van der Waals surface area contributed by atoms with Crippen LogP contribution in [0.25, 0.3) is 0 Å². The highest BCUT2D eigenvalue weighted by Gasteiger charge is 2.19. The summed E-state index contributed by atoms with van der Waals surface area (Å²) in [4.78, 5) is 12.0. The van der Waals surface area contributed by atoms with Crippen molar-refractivity contribution in [3.8, 4) is 0 Å². The Hall–Kier alpha value is -1.39. The smallest absolute Gasteiger partial charge is 0.253 e. The fourth-order valence-corrected chi connectivity index (χ4v) is 2.24. The molecule has 0 aliphatic heterocycles. The number of carbonyl (C=O) groups is 1. The number of hydrogen-bond acceptors (Lipinski definition) is 3. The first kappa shape index (κ1) is 15.0. The van der Waals surface area contributed by atoms with Crippen LogP contribution >= 0.6 is 0 Å². The number of nitrogens with two attached hydrogens (primary N) is 1. The van der Waals surface area contributed by atoms with Gasteiger partial charge in [0.15, 0.2) is 0 Å². The Labute approximate surface area is 120 Å². The fraction of sp³-hybridized carbons (Fsp3) is 0.562. The van der Waals surface area contributed by atoms with E-state index in [0.29, 0.717) is 13.2 Å². The van der Waals surface area contributed by atoms with Crippen molar-refractivity contribution in [1.29, 1.82) is 0 Å². The van der Waals surface area contributed by atoms with Gasteiger partial charge >= 0.3 is 0 Å². The lowest BCUT2D eigenvalue weighted by Crippen LogP contribution is -2.28. The van der Waals surface area contributed by atoms with Crippen LogP contribution in [-0.2, 0) is 16.1 Å². The molecule has 1 saturated carbocycles. The van der Waals surface area contributed by atoms with E-state index in [2.05, 4.69) is 5.32 Å². The molecule has 2 rings (SSSR count). The molecule has 0 radical (unpaired) electrons. The molecule has 0 bridgehead atoms. The number of carbonyl (C=O) groups excluding carboxylic acids is 1. The van der Waals surface area contributed by atoms with Crippen molar-refractivity contribution in [2.45, 2.75) is 45.3 Å². The maximum absolute atomic E-state index is 12.0. The van der Waals surface area contributed by atoms with Crippen LogP contribution in [0.4, 0.5) is 5.69 Å². The number of nitrogens with one attached hydrogen (secondary N) is 1. The Morgan fingerprint density at radius 1 is 1.40 bits per heavy atom. The molecule has 1 aromatic rings. The molecule has 110 valence electrons. The van der Waals surface area contributed by atoms with Gasteiger partial charge in [0.1, 0.15) is 6.10 Å². The van der Waals surface area contributed by atoms with Gasteiger partial charge in [-0.25, -0.2) is 0 Å². The van der Waals surface area contributed by atoms with Gasteiger partial charge in [0.25, 0.3) is 5.91 Å². The zero-order chi connectivity index (χ0) is 14.4. The maximum atomic E-state index is 12.0. The minimum atomic E-state index is -0.413. The number of ether oxygens (including phenoxy) is 1. The van der Waals surface area contributed by atoms with Crippen molar-refractivity contribution in [1.82, 2.24) is 0 Å². The van der Waals surface area contributed by atoms with Gasteiger partial charge in [-0.15, -0.1) is 0 Å². The van der Waals surface area contributed by atoms with Gasteiger partial charge in [-0.05, 0) is 37.0 Å². The van der Waals surface area contributed by atoms with Crippen LogP contribution in [0, 0.1) is 5.92 Å². The Bertz CT molecular complexity index is 427. The zero-order valence-electron chi connectivity index (χ0n) is 12.1. The number of benzene rings is 1. The normalized spacial score (nSPS) is 16.5. The van der Waals surface area contributed by atoms with E-state index >= 15 is 0 Å². The molecule has 1 unspecified atom stereocenters. The van der Waals surface area contributed by atoms with Gasteiger partial charge in [-0.3, -0.25) is 4.79 Å². The van der Waals surface area contributed by atoms with Crippen LogP contribution < -0.4 is 11.1 Å². The van der Waals surface area contributed by atoms with E-state index in [1.807, 2.05) is 24.3 Å². The second-order valence-electron chi connectivity index (χ2n) is 5.49. The second-order valence-corrected chi connectivity index (χ2v) is 5.49. The molecule has 1 aliphatic rings. The Morgan fingerprint density at radius 2 is 2.10 bits per heavy atom. The Kier molecular flexibility index (Phi) is 5.56. The molecule has 1 aliphatic carbocycles. The van der Waals surface area contributed by atoms with Crippen LogP contribution in [0.3, 0.4) is 0 Å². The first-order valence-corrected chi connectivity index (χ1v) is 7.40. The van der Waals surface area contributed by atoms with Crippen LogP contribution in [-0.4, -0.2) is 18.6 Å². The molecule has 4 heteroatoms. The first-order chi connectivity index (χ1) is 9.69. The Balaban J connectivity index is 1.71. The molecular formula is C16H24N2O2. The average Bonchev–Trinajstić information content (AvgIpc) is 2.42. The predicted octanol–water partition coefficient (Wildman–Crippen LogP) is 2.68. The molecular weight excluding hydrogens is 252 g/mol. The van der Waals surface area contributed by atoms with Gasteiger partial charge in [-0.1, -0.05) is 31.4 Å². The topological polar surface area (TPSA) is 64.3 Å². The van der Waals surface area contributed by atoms with Crippen LogP contribution in [0.1, 0.15) is 38.2 Å². The van der Waals surface area contributed by atoms with E-state index in [4.69, 9.17) is 10.5 Å². The summed E-state index contributed by atoms with van der Waals surface area (Å²) in [6.45, 7) is 2.98. The summed E-state index contributed by atoms with van der Waals surface area (Å²) in [5.41, 5.74) is 7.37. The molecule has 3 N–H and O–H groups in total. The van der Waals surface area contributed by atoms with Gasteiger partial charge in [0.05, 0.1) is 0 Å². The van der Waals surface area contributed by atoms with Crippen molar-refractivity contribution >= 4 is 11.6 Å². The minimum Gasteiger partial charge on any atom is -0.369 e. The van der Waals surface area contributed by atoms with E-state index < -0.39 is 6.10 Å². The molecule has 0 saturated heterocycles. The quantitative estimate of drug-likeness (QED) is 0.804. The third-order valence-electron chi connectivity index (χ3n) is 3.95. The van der Waals surface area contributed by atoms with Crippen molar-refractivity contribution in [2.24, 2.45) is 11.7 Å². The van der Waals surface area contributed by atoms with Gasteiger partial charge in [0, 0.05) is 18.8 Å². The monoisotopic (exact) mass is 276 g/mol. The third kappa shape index (κ3) is 4.32. The lowest BCUT2D eigenvalue weighted by molar-refractivity contribution is -0.126. The number of amides is 1. The van der Waals surface area contributed by atoms with E-state index in [1.165, 1.54) is 19.3 Å². The average molecular weight is 276 g/mol. The largest absolute Gasteiger partial charge is 0.369 e. The lowest BCUT2D eigenvalue weighted by Gasteiger charge is -2.25. The molecule has 1 atom stereocenters. The molecule has 0 heterocycles. The van der Waals surface area contributed by atoms with E-state index in [0.717, 1.165) is 23.6 Å². The fourth-order valence-electron chi connectivity index (χ4n) is 2.24. The highest BCUT2D eigenvalue weighted by Crippen LogP contribution is 2.29. The molecule has 1 fully saturated rings. The van der Waals surface area contributed by atoms with E-state index in [1.54, 1.807) is 6.92 Å². The highest BCUT2D eigenvalue weighted by molar-refractivity contribution is 5.93. The van der Waals surface area contributed by atoms with Crippen LogP contribution in [0.5, 0.6) is 0 Å². The Morgan fingerprint density at radius 3 is 2.65 bits per heavy atom. The van der Waals surface area contributed by atoms with Crippen LogP contribution in [0.2, 0.25) is 0 Å². The van der Waals surface area contributed by atoms with Crippen molar-refractivity contribution < 1.29 is 9.53 Å². The lowest BCUT2D eigenvalue weighted by atomic mass is 9.83. The SMILES string of the molecule is CC(OCCC1CCC1)C(=O)Nc1ccc(CN)cc1. The third-order valence-corrected chi connectivity index (χ3v) is 3.95. The summed E-state index contributed by atoms with van der Waals surface area (Å²) in [5, 5.41) is 2.85. The van der Waals surface area contributed by atoms with E-state index in [-0.39, 0.29) is 5.91 Å². The van der Waals surface area contributed by atoms with Gasteiger partial charge < -0.3 is 15.8 Å². The minimum absolute atomic E-state index is 0.0980. The number of rotatable bonds is 7. The molecule has 0 spiro atoms. The summed E-state index contributed by atoms with van der Waals surface area (Å²) in [5.74, 6) is 0.716. The van der Waals surface area contributed by atoms with Crippen LogP contribution in [0.15, 0.2) is 24.3 Å². The maximum Gasteiger partial charge on any atom is 0.253 e. The van der Waals surface area contributed by atoms with E-state index in [9.17, 15) is 4.79 Å². The molecule has 1 aromatic carbocycles. The van der Waals surface area contributed by atoms with Crippen molar-refractivity contribution in [2.75, 3.05) is 11.9 Å². The second kappa shape index (κ2) is 7.41. The zero-order valence-corrected chi connectivity index (χ0v) is 12.1. The number of hydrogen-bond donors (Lipinski definition) is 2. The summed E-state index contributed by atoms with van der Waals surface area (Å²) in [7, 11) is 0. The predicted molar refractivity (Wildman–Crippen MR) is 80.3 cm³/mol. The summed E-state index contributed by atoms with van der Waals surface area (Å²) >= 11 is 0. The van der Waals surface area contributed by atoms with Gasteiger partial charge in [-0.2, -0.15) is 0 Å².